The number of halogens is 1. The Morgan fingerprint density at radius 1 is 0.947 bits per heavy atom. The zero-order valence-corrected chi connectivity index (χ0v) is 10.8. The van der Waals surface area contributed by atoms with Crippen LogP contribution in [0, 0.1) is 0 Å². The molecule has 0 bridgehead atoms. The highest BCUT2D eigenvalue weighted by Crippen LogP contribution is 2.29. The number of benzene rings is 2. The summed E-state index contributed by atoms with van der Waals surface area (Å²) in [6, 6.07) is 15.6. The Morgan fingerprint density at radius 3 is 2.63 bits per heavy atom. The number of ether oxygens (including phenoxy) is 1. The van der Waals surface area contributed by atoms with E-state index in [1.807, 2.05) is 48.5 Å². The minimum atomic E-state index is 0.411. The molecule has 1 heterocycles. The molecule has 0 amide bonds. The molecule has 0 aliphatic rings. The van der Waals surface area contributed by atoms with Crippen molar-refractivity contribution in [3.8, 4) is 5.75 Å². The minimum absolute atomic E-state index is 0.411. The van der Waals surface area contributed by atoms with Gasteiger partial charge in [-0.1, -0.05) is 48.0 Å². The molecule has 1 aromatic heterocycles. The highest BCUT2D eigenvalue weighted by Gasteiger charge is 2.08. The summed E-state index contributed by atoms with van der Waals surface area (Å²) < 4.78 is 5.82. The summed E-state index contributed by atoms with van der Waals surface area (Å²) in [6.45, 7) is 0.491. The molecule has 3 nitrogen and oxygen atoms in total. The van der Waals surface area contributed by atoms with Crippen molar-refractivity contribution in [1.82, 2.24) is 9.97 Å². The molecule has 0 unspecified atom stereocenters. The monoisotopic (exact) mass is 270 g/mol. The topological polar surface area (TPSA) is 35.0 Å². The molecule has 0 saturated carbocycles. The van der Waals surface area contributed by atoms with Gasteiger partial charge < -0.3 is 4.74 Å². The van der Waals surface area contributed by atoms with E-state index < -0.39 is 0 Å². The number of fused-ring (bicyclic) bond motifs is 1. The van der Waals surface area contributed by atoms with Crippen LogP contribution in [-0.4, -0.2) is 9.97 Å². The molecular formula is C15H11ClN2O. The molecule has 0 saturated heterocycles. The summed E-state index contributed by atoms with van der Waals surface area (Å²) in [5.41, 5.74) is 1.89. The van der Waals surface area contributed by atoms with Gasteiger partial charge in [0.05, 0.1) is 10.9 Å². The minimum Gasteiger partial charge on any atom is -0.488 e. The van der Waals surface area contributed by atoms with E-state index >= 15 is 0 Å². The van der Waals surface area contributed by atoms with Crippen LogP contribution in [-0.2, 0) is 6.61 Å². The van der Waals surface area contributed by atoms with Gasteiger partial charge in [0.1, 0.15) is 23.8 Å². The van der Waals surface area contributed by atoms with Crippen molar-refractivity contribution in [3.05, 3.63) is 65.6 Å². The lowest BCUT2D eigenvalue weighted by Gasteiger charge is -2.09. The number of rotatable bonds is 3. The first-order chi connectivity index (χ1) is 9.34. The fraction of sp³-hybridized carbons (Fsp3) is 0.0667. The summed E-state index contributed by atoms with van der Waals surface area (Å²) >= 11 is 6.11. The molecule has 94 valence electrons. The first kappa shape index (κ1) is 11.9. The standard InChI is InChI=1S/C15H11ClN2O/c16-15-14-12(17-10-18-15)7-4-8-13(14)19-9-11-5-2-1-3-6-11/h1-8,10H,9H2. The predicted octanol–water partition coefficient (Wildman–Crippen LogP) is 3.86. The van der Waals surface area contributed by atoms with Crippen LogP contribution in [0.2, 0.25) is 5.15 Å². The van der Waals surface area contributed by atoms with Gasteiger partial charge in [0.2, 0.25) is 0 Å². The third-order valence-corrected chi connectivity index (χ3v) is 3.10. The van der Waals surface area contributed by atoms with Crippen LogP contribution >= 0.6 is 11.6 Å². The molecule has 0 N–H and O–H groups in total. The summed E-state index contributed by atoms with van der Waals surface area (Å²) in [5.74, 6) is 0.701. The average molecular weight is 271 g/mol. The Kier molecular flexibility index (Phi) is 3.29. The van der Waals surface area contributed by atoms with Gasteiger partial charge in [-0.25, -0.2) is 9.97 Å². The molecule has 0 aliphatic carbocycles. The lowest BCUT2D eigenvalue weighted by atomic mass is 10.2. The number of hydrogen-bond acceptors (Lipinski definition) is 3. The zero-order valence-electron chi connectivity index (χ0n) is 10.1. The fourth-order valence-electron chi connectivity index (χ4n) is 1.90. The fourth-order valence-corrected chi connectivity index (χ4v) is 2.13. The van der Waals surface area contributed by atoms with Crippen molar-refractivity contribution in [2.45, 2.75) is 6.61 Å². The Bertz CT molecular complexity index is 696. The molecule has 0 aliphatic heterocycles. The van der Waals surface area contributed by atoms with Gasteiger partial charge in [-0.2, -0.15) is 0 Å². The normalized spacial score (nSPS) is 10.6. The summed E-state index contributed by atoms with van der Waals surface area (Å²) in [4.78, 5) is 8.18. The first-order valence-electron chi connectivity index (χ1n) is 5.90. The van der Waals surface area contributed by atoms with E-state index in [0.717, 1.165) is 16.5 Å². The molecule has 0 spiro atoms. The van der Waals surface area contributed by atoms with Crippen LogP contribution in [0.1, 0.15) is 5.56 Å². The molecular weight excluding hydrogens is 260 g/mol. The largest absolute Gasteiger partial charge is 0.488 e. The van der Waals surface area contributed by atoms with Crippen LogP contribution in [0.3, 0.4) is 0 Å². The molecule has 4 heteroatoms. The predicted molar refractivity (Wildman–Crippen MR) is 75.3 cm³/mol. The highest BCUT2D eigenvalue weighted by molar-refractivity contribution is 6.34. The molecule has 2 aromatic carbocycles. The lowest BCUT2D eigenvalue weighted by Crippen LogP contribution is -1.96. The number of nitrogens with zero attached hydrogens (tertiary/aromatic N) is 2. The summed E-state index contributed by atoms with van der Waals surface area (Å²) in [5, 5.41) is 1.16. The Labute approximate surface area is 115 Å². The van der Waals surface area contributed by atoms with Gasteiger partial charge in [0.25, 0.3) is 0 Å². The quantitative estimate of drug-likeness (QED) is 0.678. The summed E-state index contributed by atoms with van der Waals surface area (Å²) in [6.07, 6.45) is 1.45. The van der Waals surface area contributed by atoms with Crippen LogP contribution in [0.25, 0.3) is 10.9 Å². The molecule has 3 rings (SSSR count). The van der Waals surface area contributed by atoms with Crippen molar-refractivity contribution >= 4 is 22.5 Å². The maximum Gasteiger partial charge on any atom is 0.144 e. The summed E-state index contributed by atoms with van der Waals surface area (Å²) in [7, 11) is 0. The van der Waals surface area contributed by atoms with Gasteiger partial charge in [0.15, 0.2) is 0 Å². The van der Waals surface area contributed by atoms with E-state index in [4.69, 9.17) is 16.3 Å². The van der Waals surface area contributed by atoms with E-state index in [0.29, 0.717) is 17.5 Å². The second-order valence-electron chi connectivity index (χ2n) is 4.09. The third-order valence-electron chi connectivity index (χ3n) is 2.82. The van der Waals surface area contributed by atoms with Crippen LogP contribution < -0.4 is 4.74 Å². The van der Waals surface area contributed by atoms with Gasteiger partial charge in [0, 0.05) is 0 Å². The zero-order chi connectivity index (χ0) is 13.1. The van der Waals surface area contributed by atoms with Crippen molar-refractivity contribution in [3.63, 3.8) is 0 Å². The SMILES string of the molecule is Clc1ncnc2cccc(OCc3ccccc3)c12. The molecule has 0 atom stereocenters. The van der Waals surface area contributed by atoms with Gasteiger partial charge >= 0.3 is 0 Å². The maximum absolute atomic E-state index is 6.11. The smallest absolute Gasteiger partial charge is 0.144 e. The number of hydrogen-bond donors (Lipinski definition) is 0. The van der Waals surface area contributed by atoms with Crippen LogP contribution in [0.4, 0.5) is 0 Å². The molecule has 3 aromatic rings. The van der Waals surface area contributed by atoms with E-state index in [9.17, 15) is 0 Å². The van der Waals surface area contributed by atoms with E-state index in [2.05, 4.69) is 9.97 Å². The second-order valence-corrected chi connectivity index (χ2v) is 4.45. The van der Waals surface area contributed by atoms with Crippen LogP contribution in [0.5, 0.6) is 5.75 Å². The van der Waals surface area contributed by atoms with E-state index in [1.165, 1.54) is 6.33 Å². The Morgan fingerprint density at radius 2 is 1.79 bits per heavy atom. The first-order valence-corrected chi connectivity index (χ1v) is 6.28. The van der Waals surface area contributed by atoms with Crippen molar-refractivity contribution < 1.29 is 4.74 Å². The number of aromatic nitrogens is 2. The molecule has 19 heavy (non-hydrogen) atoms. The van der Waals surface area contributed by atoms with Gasteiger partial charge in [-0.3, -0.25) is 0 Å². The highest BCUT2D eigenvalue weighted by atomic mass is 35.5. The third kappa shape index (κ3) is 2.51. The molecule has 0 radical (unpaired) electrons. The second kappa shape index (κ2) is 5.24. The van der Waals surface area contributed by atoms with Crippen molar-refractivity contribution in [2.24, 2.45) is 0 Å². The Balaban J connectivity index is 1.93. The van der Waals surface area contributed by atoms with E-state index in [1.54, 1.807) is 0 Å². The van der Waals surface area contributed by atoms with Gasteiger partial charge in [-0.05, 0) is 17.7 Å². The van der Waals surface area contributed by atoms with Crippen LogP contribution in [0.15, 0.2) is 54.9 Å². The Hall–Kier alpha value is -2.13. The van der Waals surface area contributed by atoms with Gasteiger partial charge in [-0.15, -0.1) is 0 Å². The average Bonchev–Trinajstić information content (AvgIpc) is 2.46. The molecule has 0 fully saturated rings. The van der Waals surface area contributed by atoms with E-state index in [-0.39, 0.29) is 0 Å². The lowest BCUT2D eigenvalue weighted by molar-refractivity contribution is 0.310. The van der Waals surface area contributed by atoms with Crippen molar-refractivity contribution in [1.29, 1.82) is 0 Å². The maximum atomic E-state index is 6.11. The van der Waals surface area contributed by atoms with Crippen molar-refractivity contribution in [2.75, 3.05) is 0 Å².